The predicted octanol–water partition coefficient (Wildman–Crippen LogP) is -0.00680. The van der Waals surface area contributed by atoms with Crippen molar-refractivity contribution < 1.29 is 15.0 Å². The van der Waals surface area contributed by atoms with E-state index in [1.807, 2.05) is 0 Å². The van der Waals surface area contributed by atoms with Crippen molar-refractivity contribution in [3.8, 4) is 12.3 Å². The van der Waals surface area contributed by atoms with Gasteiger partial charge in [-0.1, -0.05) is 0 Å². The molecule has 0 unspecified atom stereocenters. The zero-order valence-corrected chi connectivity index (χ0v) is 8.98. The Morgan fingerprint density at radius 2 is 1.80 bits per heavy atom. The van der Waals surface area contributed by atoms with E-state index < -0.39 is 0 Å². The normalized spacial score (nSPS) is 9.67. The first-order valence-electron chi connectivity index (χ1n) is 5.19. The van der Waals surface area contributed by atoms with Gasteiger partial charge in [0.05, 0.1) is 13.2 Å². The fraction of sp³-hybridized carbons (Fsp3) is 0.727. The summed E-state index contributed by atoms with van der Waals surface area (Å²) < 4.78 is 0. The fourth-order valence-electron chi connectivity index (χ4n) is 1.26. The van der Waals surface area contributed by atoms with Crippen LogP contribution in [0.2, 0.25) is 0 Å². The van der Waals surface area contributed by atoms with Crippen molar-refractivity contribution in [2.24, 2.45) is 0 Å². The molecular formula is C11H19NO3. The van der Waals surface area contributed by atoms with Crippen LogP contribution in [0.4, 0.5) is 0 Å². The molecule has 4 heteroatoms. The van der Waals surface area contributed by atoms with Crippen LogP contribution in [0.3, 0.4) is 0 Å². The van der Waals surface area contributed by atoms with E-state index in [-0.39, 0.29) is 32.2 Å². The molecule has 0 rings (SSSR count). The second kappa shape index (κ2) is 9.50. The molecule has 0 atom stereocenters. The second-order valence-electron chi connectivity index (χ2n) is 3.24. The number of carbonyl (C=O) groups is 1. The summed E-state index contributed by atoms with van der Waals surface area (Å²) in [6.45, 7) is 0.426. The summed E-state index contributed by atoms with van der Waals surface area (Å²) in [5, 5.41) is 17.4. The third kappa shape index (κ3) is 6.95. The van der Waals surface area contributed by atoms with E-state index in [4.69, 9.17) is 16.6 Å². The molecule has 0 aliphatic heterocycles. The van der Waals surface area contributed by atoms with Gasteiger partial charge in [-0.15, -0.1) is 12.3 Å². The number of rotatable bonds is 8. The van der Waals surface area contributed by atoms with E-state index in [0.717, 1.165) is 12.8 Å². The van der Waals surface area contributed by atoms with Crippen molar-refractivity contribution in [1.29, 1.82) is 0 Å². The summed E-state index contributed by atoms with van der Waals surface area (Å²) in [7, 11) is 0. The molecule has 86 valence electrons. The molecule has 0 spiro atoms. The van der Waals surface area contributed by atoms with Crippen LogP contribution >= 0.6 is 0 Å². The van der Waals surface area contributed by atoms with Gasteiger partial charge in [0.2, 0.25) is 5.91 Å². The van der Waals surface area contributed by atoms with E-state index in [0.29, 0.717) is 12.8 Å². The highest BCUT2D eigenvalue weighted by Crippen LogP contribution is 2.02. The fourth-order valence-corrected chi connectivity index (χ4v) is 1.26. The minimum absolute atomic E-state index is 0.0323. The molecule has 0 aromatic rings. The maximum Gasteiger partial charge on any atom is 0.222 e. The monoisotopic (exact) mass is 213 g/mol. The lowest BCUT2D eigenvalue weighted by atomic mass is 10.2. The van der Waals surface area contributed by atoms with Gasteiger partial charge in [0, 0.05) is 25.9 Å². The molecule has 0 aromatic heterocycles. The Morgan fingerprint density at radius 1 is 1.20 bits per heavy atom. The molecule has 2 N–H and O–H groups in total. The number of terminal acetylenes is 1. The third-order valence-corrected chi connectivity index (χ3v) is 2.05. The average Bonchev–Trinajstić information content (AvgIpc) is 2.24. The molecule has 0 aliphatic rings. The Balaban J connectivity index is 3.76. The van der Waals surface area contributed by atoms with Gasteiger partial charge in [0.1, 0.15) is 0 Å². The molecule has 0 aliphatic carbocycles. The number of hydrogen-bond acceptors (Lipinski definition) is 3. The van der Waals surface area contributed by atoms with Crippen LogP contribution in [0.15, 0.2) is 0 Å². The number of unbranched alkanes of at least 4 members (excludes halogenated alkanes) is 2. The SMILES string of the molecule is C#CCCCCC(=O)N(CCO)CCO. The number of carbonyl (C=O) groups excluding carboxylic acids is 1. The largest absolute Gasteiger partial charge is 0.395 e. The van der Waals surface area contributed by atoms with Crippen molar-refractivity contribution in [3.05, 3.63) is 0 Å². The molecular weight excluding hydrogens is 194 g/mol. The van der Waals surface area contributed by atoms with Crippen LogP contribution < -0.4 is 0 Å². The Hall–Kier alpha value is -1.05. The first kappa shape index (κ1) is 13.9. The maximum absolute atomic E-state index is 11.5. The second-order valence-corrected chi connectivity index (χ2v) is 3.24. The lowest BCUT2D eigenvalue weighted by Gasteiger charge is -2.20. The van der Waals surface area contributed by atoms with Gasteiger partial charge in [-0.3, -0.25) is 4.79 Å². The van der Waals surface area contributed by atoms with Gasteiger partial charge in [-0.2, -0.15) is 0 Å². The third-order valence-electron chi connectivity index (χ3n) is 2.05. The summed E-state index contributed by atoms with van der Waals surface area (Å²) in [4.78, 5) is 13.0. The molecule has 0 bridgehead atoms. The maximum atomic E-state index is 11.5. The van der Waals surface area contributed by atoms with Gasteiger partial charge >= 0.3 is 0 Å². The minimum atomic E-state index is -0.0733. The number of amides is 1. The Morgan fingerprint density at radius 3 is 2.27 bits per heavy atom. The van der Waals surface area contributed by atoms with Crippen LogP contribution in [0.5, 0.6) is 0 Å². The molecule has 0 radical (unpaired) electrons. The van der Waals surface area contributed by atoms with Crippen LogP contribution in [-0.2, 0) is 4.79 Å². The Labute approximate surface area is 90.9 Å². The van der Waals surface area contributed by atoms with Crippen LogP contribution in [0.1, 0.15) is 25.7 Å². The van der Waals surface area contributed by atoms with Gasteiger partial charge < -0.3 is 15.1 Å². The van der Waals surface area contributed by atoms with Crippen molar-refractivity contribution in [3.63, 3.8) is 0 Å². The topological polar surface area (TPSA) is 60.8 Å². The highest BCUT2D eigenvalue weighted by atomic mass is 16.3. The summed E-state index contributed by atoms with van der Waals surface area (Å²) in [6, 6.07) is 0. The van der Waals surface area contributed by atoms with Crippen LogP contribution in [-0.4, -0.2) is 47.3 Å². The van der Waals surface area contributed by atoms with E-state index in [2.05, 4.69) is 5.92 Å². The molecule has 0 saturated heterocycles. The molecule has 0 heterocycles. The quantitative estimate of drug-likeness (QED) is 0.440. The zero-order valence-electron chi connectivity index (χ0n) is 8.98. The Bertz CT molecular complexity index is 204. The van der Waals surface area contributed by atoms with Gasteiger partial charge in [-0.25, -0.2) is 0 Å². The van der Waals surface area contributed by atoms with Gasteiger partial charge in [-0.05, 0) is 12.8 Å². The van der Waals surface area contributed by atoms with Crippen LogP contribution in [0.25, 0.3) is 0 Å². The predicted molar refractivity (Wildman–Crippen MR) is 58.1 cm³/mol. The number of hydrogen-bond donors (Lipinski definition) is 2. The smallest absolute Gasteiger partial charge is 0.222 e. The number of nitrogens with zero attached hydrogens (tertiary/aromatic N) is 1. The zero-order chi connectivity index (χ0) is 11.5. The molecule has 0 fully saturated rings. The van der Waals surface area contributed by atoms with E-state index in [1.165, 1.54) is 4.90 Å². The average molecular weight is 213 g/mol. The molecule has 15 heavy (non-hydrogen) atoms. The molecule has 0 aromatic carbocycles. The first-order valence-corrected chi connectivity index (χ1v) is 5.19. The summed E-state index contributed by atoms with van der Waals surface area (Å²) in [6.07, 6.45) is 7.81. The van der Waals surface area contributed by atoms with E-state index in [9.17, 15) is 4.79 Å². The van der Waals surface area contributed by atoms with Crippen LogP contribution in [0, 0.1) is 12.3 Å². The summed E-state index contributed by atoms with van der Waals surface area (Å²) >= 11 is 0. The minimum Gasteiger partial charge on any atom is -0.395 e. The van der Waals surface area contributed by atoms with Crippen molar-refractivity contribution in [2.75, 3.05) is 26.3 Å². The molecule has 0 saturated carbocycles. The lowest BCUT2D eigenvalue weighted by molar-refractivity contribution is -0.132. The Kier molecular flexibility index (Phi) is 8.84. The van der Waals surface area contributed by atoms with Crippen molar-refractivity contribution in [2.45, 2.75) is 25.7 Å². The lowest BCUT2D eigenvalue weighted by Crippen LogP contribution is -2.35. The van der Waals surface area contributed by atoms with Crippen molar-refractivity contribution >= 4 is 5.91 Å². The standard InChI is InChI=1S/C11H19NO3/c1-2-3-4-5-6-11(15)12(7-9-13)8-10-14/h1,13-14H,3-10H2. The summed E-state index contributed by atoms with van der Waals surface area (Å²) in [5.41, 5.74) is 0. The summed E-state index contributed by atoms with van der Waals surface area (Å²) in [5.74, 6) is 2.48. The first-order chi connectivity index (χ1) is 7.26. The number of aliphatic hydroxyl groups excluding tert-OH is 2. The van der Waals surface area contributed by atoms with Gasteiger partial charge in [0.15, 0.2) is 0 Å². The van der Waals surface area contributed by atoms with E-state index in [1.54, 1.807) is 0 Å². The highest BCUT2D eigenvalue weighted by Gasteiger charge is 2.11. The molecule has 1 amide bonds. The van der Waals surface area contributed by atoms with Crippen molar-refractivity contribution in [1.82, 2.24) is 4.90 Å². The van der Waals surface area contributed by atoms with Gasteiger partial charge in [0.25, 0.3) is 0 Å². The molecule has 4 nitrogen and oxygen atoms in total. The van der Waals surface area contributed by atoms with E-state index >= 15 is 0 Å². The highest BCUT2D eigenvalue weighted by molar-refractivity contribution is 5.76. The number of aliphatic hydroxyl groups is 2.